The Morgan fingerprint density at radius 1 is 1.07 bits per heavy atom. The van der Waals surface area contributed by atoms with E-state index in [1.807, 2.05) is 0 Å². The van der Waals surface area contributed by atoms with Gasteiger partial charge in [0.05, 0.1) is 13.2 Å². The van der Waals surface area contributed by atoms with E-state index in [0.29, 0.717) is 24.7 Å². The van der Waals surface area contributed by atoms with Crippen molar-refractivity contribution in [1.82, 2.24) is 24.5 Å². The number of hydrogen-bond acceptors (Lipinski definition) is 7. The second-order valence-corrected chi connectivity index (χ2v) is 7.00. The van der Waals surface area contributed by atoms with Crippen molar-refractivity contribution < 1.29 is 17.9 Å². The summed E-state index contributed by atoms with van der Waals surface area (Å²) in [4.78, 5) is -0.0131. The zero-order valence-corrected chi connectivity index (χ0v) is 16.5. The Hall–Kier alpha value is -2.88. The summed E-state index contributed by atoms with van der Waals surface area (Å²) in [7, 11) is -3.91. The number of aromatic nitrogens is 4. The molecule has 27 heavy (non-hydrogen) atoms. The first-order valence-corrected chi connectivity index (χ1v) is 9.89. The highest BCUT2D eigenvalue weighted by atomic mass is 32.2. The molecular formula is C17H23N5O4S. The Morgan fingerprint density at radius 3 is 2.22 bits per heavy atom. The summed E-state index contributed by atoms with van der Waals surface area (Å²) >= 11 is 0. The van der Waals surface area contributed by atoms with Crippen LogP contribution in [-0.2, 0) is 10.0 Å². The second-order valence-electron chi connectivity index (χ2n) is 5.19. The molecule has 0 fully saturated rings. The molecule has 0 aliphatic rings. The third kappa shape index (κ3) is 4.45. The Morgan fingerprint density at radius 2 is 1.70 bits per heavy atom. The molecule has 10 heteroatoms. The van der Waals surface area contributed by atoms with E-state index < -0.39 is 10.0 Å². The summed E-state index contributed by atoms with van der Waals surface area (Å²) in [6.07, 6.45) is 7.59. The van der Waals surface area contributed by atoms with E-state index in [9.17, 15) is 8.42 Å². The van der Waals surface area contributed by atoms with Crippen molar-refractivity contribution >= 4 is 10.0 Å². The lowest BCUT2D eigenvalue weighted by molar-refractivity contribution is 0.320. The first-order valence-electron chi connectivity index (χ1n) is 8.45. The van der Waals surface area contributed by atoms with Crippen LogP contribution in [0.1, 0.15) is 27.7 Å². The van der Waals surface area contributed by atoms with Crippen LogP contribution in [0.25, 0.3) is 5.69 Å². The predicted molar refractivity (Wildman–Crippen MR) is 100 cm³/mol. The van der Waals surface area contributed by atoms with Crippen LogP contribution in [-0.4, -0.2) is 46.1 Å². The van der Waals surface area contributed by atoms with Gasteiger partial charge in [-0.3, -0.25) is 0 Å². The molecule has 0 unspecified atom stereocenters. The van der Waals surface area contributed by atoms with Crippen LogP contribution in [0.2, 0.25) is 0 Å². The summed E-state index contributed by atoms with van der Waals surface area (Å²) in [5.74, 6) is 0.512. The lowest BCUT2D eigenvalue weighted by Gasteiger charge is -2.20. The molecule has 0 amide bonds. The van der Waals surface area contributed by atoms with Gasteiger partial charge in [0.25, 0.3) is 10.0 Å². The van der Waals surface area contributed by atoms with Gasteiger partial charge < -0.3 is 9.47 Å². The molecular weight excluding hydrogens is 370 g/mol. The molecule has 1 aromatic carbocycles. The van der Waals surface area contributed by atoms with Crippen molar-refractivity contribution in [2.45, 2.75) is 32.6 Å². The lowest BCUT2D eigenvalue weighted by atomic mass is 10.2. The fourth-order valence-corrected chi connectivity index (χ4v) is 3.76. The summed E-state index contributed by atoms with van der Waals surface area (Å²) in [6.45, 7) is 7.69. The Labute approximate surface area is 158 Å². The van der Waals surface area contributed by atoms with E-state index in [4.69, 9.17) is 9.47 Å². The Kier molecular flexibility index (Phi) is 6.94. The van der Waals surface area contributed by atoms with Crippen LogP contribution in [0.15, 0.2) is 47.9 Å². The topological polar surface area (TPSA) is 99.4 Å². The molecule has 0 aliphatic heterocycles. The molecule has 2 aromatic rings. The molecule has 9 nitrogen and oxygen atoms in total. The second kappa shape index (κ2) is 9.17. The zero-order valence-electron chi connectivity index (χ0n) is 15.7. The average Bonchev–Trinajstić information content (AvgIpc) is 3.17. The third-order valence-corrected chi connectivity index (χ3v) is 5.04. The van der Waals surface area contributed by atoms with Gasteiger partial charge in [0.1, 0.15) is 28.4 Å². The van der Waals surface area contributed by atoms with Crippen LogP contribution in [0.5, 0.6) is 11.5 Å². The molecule has 0 N–H and O–H groups in total. The van der Waals surface area contributed by atoms with Crippen molar-refractivity contribution in [3.63, 3.8) is 0 Å². The number of ether oxygens (including phenoxy) is 2. The van der Waals surface area contributed by atoms with E-state index >= 15 is 0 Å². The number of benzene rings is 1. The lowest BCUT2D eigenvalue weighted by Crippen LogP contribution is -2.22. The van der Waals surface area contributed by atoms with Gasteiger partial charge in [0, 0.05) is 24.5 Å². The smallest absolute Gasteiger partial charge is 0.271 e. The van der Waals surface area contributed by atoms with E-state index in [2.05, 4.69) is 15.5 Å². The molecule has 1 heterocycles. The highest BCUT2D eigenvalue weighted by Gasteiger charge is 2.27. The van der Waals surface area contributed by atoms with Gasteiger partial charge in [-0.15, -0.1) is 5.10 Å². The number of hydrogen-bond donors (Lipinski definition) is 0. The van der Waals surface area contributed by atoms with Crippen LogP contribution in [0.4, 0.5) is 0 Å². The largest absolute Gasteiger partial charge is 0.492 e. The molecule has 0 saturated carbocycles. The van der Waals surface area contributed by atoms with Crippen LogP contribution >= 0.6 is 0 Å². The average molecular weight is 393 g/mol. The van der Waals surface area contributed by atoms with Gasteiger partial charge in [0.2, 0.25) is 0 Å². The number of nitrogens with zero attached hydrogens (tertiary/aromatic N) is 5. The van der Waals surface area contributed by atoms with Crippen molar-refractivity contribution in [3.8, 4) is 17.2 Å². The van der Waals surface area contributed by atoms with Gasteiger partial charge in [0.15, 0.2) is 0 Å². The Bertz CT molecular complexity index is 896. The first-order chi connectivity index (χ1) is 13.0. The number of rotatable bonds is 9. The first kappa shape index (κ1) is 20.4. The van der Waals surface area contributed by atoms with E-state index in [0.717, 1.165) is 4.31 Å². The van der Waals surface area contributed by atoms with Gasteiger partial charge in [-0.05, 0) is 38.1 Å². The minimum atomic E-state index is -3.91. The maximum Gasteiger partial charge on any atom is 0.271 e. The van der Waals surface area contributed by atoms with Gasteiger partial charge in [-0.25, -0.2) is 12.7 Å². The van der Waals surface area contributed by atoms with Gasteiger partial charge >= 0.3 is 0 Å². The molecule has 0 radical (unpaired) electrons. The molecule has 146 valence electrons. The van der Waals surface area contributed by atoms with Crippen LogP contribution < -0.4 is 9.47 Å². The monoisotopic (exact) mass is 393 g/mol. The molecule has 0 saturated heterocycles. The van der Waals surface area contributed by atoms with Crippen molar-refractivity contribution in [2.75, 3.05) is 13.2 Å². The number of tetrazole rings is 1. The van der Waals surface area contributed by atoms with Gasteiger partial charge in [-0.1, -0.05) is 12.2 Å². The predicted octanol–water partition coefficient (Wildman–Crippen LogP) is 2.52. The highest BCUT2D eigenvalue weighted by Crippen LogP contribution is 2.36. The molecule has 1 aromatic heterocycles. The van der Waals surface area contributed by atoms with Crippen LogP contribution in [0, 0.1) is 0 Å². The maximum atomic E-state index is 13.2. The number of sulfonamides is 1. The summed E-state index contributed by atoms with van der Waals surface area (Å²) < 4.78 is 40.2. The number of allylic oxidation sites excluding steroid dienone is 2. The molecule has 0 aliphatic carbocycles. The third-order valence-electron chi connectivity index (χ3n) is 3.37. The van der Waals surface area contributed by atoms with Crippen molar-refractivity contribution in [1.29, 1.82) is 0 Å². The zero-order chi connectivity index (χ0) is 19.9. The SMILES string of the molecule is CC=CN(C=CC)S(=O)(=O)c1cc(OCC)c(-n2cnnn2)cc1OCC. The van der Waals surface area contributed by atoms with Crippen LogP contribution in [0.3, 0.4) is 0 Å². The molecule has 2 rings (SSSR count). The fourth-order valence-electron chi connectivity index (χ4n) is 2.34. The maximum absolute atomic E-state index is 13.2. The van der Waals surface area contributed by atoms with E-state index in [1.165, 1.54) is 29.5 Å². The quantitative estimate of drug-likeness (QED) is 0.645. The van der Waals surface area contributed by atoms with Crippen molar-refractivity contribution in [2.24, 2.45) is 0 Å². The van der Waals surface area contributed by atoms with E-state index in [-0.39, 0.29) is 10.6 Å². The highest BCUT2D eigenvalue weighted by molar-refractivity contribution is 7.89. The van der Waals surface area contributed by atoms with Crippen molar-refractivity contribution in [3.05, 3.63) is 43.0 Å². The summed E-state index contributed by atoms with van der Waals surface area (Å²) in [5.41, 5.74) is 0.480. The molecule has 0 bridgehead atoms. The van der Waals surface area contributed by atoms with E-state index in [1.54, 1.807) is 45.9 Å². The molecule has 0 spiro atoms. The minimum absolute atomic E-state index is 0.0131. The molecule has 0 atom stereocenters. The normalized spacial score (nSPS) is 12.0. The standard InChI is InChI=1S/C17H23N5O4S/c1-5-9-21(10-6-2)27(23,24)17-12-15(25-7-3)14(11-16(17)26-8-4)22-13-18-19-20-22/h5-6,9-13H,7-8H2,1-4H3. The Balaban J connectivity index is 2.72. The van der Waals surface area contributed by atoms with Gasteiger partial charge in [-0.2, -0.15) is 4.68 Å². The minimum Gasteiger partial charge on any atom is -0.492 e. The summed E-state index contributed by atoms with van der Waals surface area (Å²) in [6, 6.07) is 2.99. The summed E-state index contributed by atoms with van der Waals surface area (Å²) in [5, 5.41) is 11.1. The fraction of sp³-hybridized carbons (Fsp3) is 0.353.